The lowest BCUT2D eigenvalue weighted by Gasteiger charge is -2.39. The zero-order valence-corrected chi connectivity index (χ0v) is 12.2. The average Bonchev–Trinajstić information content (AvgIpc) is 2.77. The number of hydrogen-bond donors (Lipinski definition) is 1. The van der Waals surface area contributed by atoms with E-state index < -0.39 is 0 Å². The van der Waals surface area contributed by atoms with Gasteiger partial charge in [0, 0.05) is 25.2 Å². The Hall–Kier alpha value is -0.120. The van der Waals surface area contributed by atoms with E-state index >= 15 is 0 Å². The zero-order valence-electron chi connectivity index (χ0n) is 12.2. The number of hydrogen-bond acceptors (Lipinski definition) is 3. The maximum Gasteiger partial charge on any atom is 0.0249 e. The summed E-state index contributed by atoms with van der Waals surface area (Å²) in [5.41, 5.74) is 6.04. The van der Waals surface area contributed by atoms with Gasteiger partial charge in [0.25, 0.3) is 0 Å². The molecule has 2 N–H and O–H groups in total. The first-order valence-corrected chi connectivity index (χ1v) is 7.20. The summed E-state index contributed by atoms with van der Waals surface area (Å²) in [6, 6.07) is 1.20. The van der Waals surface area contributed by atoms with Crippen LogP contribution in [0.5, 0.6) is 0 Å². The minimum absolute atomic E-state index is 0.595. The van der Waals surface area contributed by atoms with Crippen molar-refractivity contribution in [1.29, 1.82) is 0 Å². The van der Waals surface area contributed by atoms with Crippen LogP contribution in [0.25, 0.3) is 0 Å². The van der Waals surface area contributed by atoms with E-state index in [9.17, 15) is 0 Å². The third-order valence-corrected chi connectivity index (χ3v) is 4.17. The highest BCUT2D eigenvalue weighted by Crippen LogP contribution is 2.30. The molecule has 0 aromatic heterocycles. The molecule has 102 valence electrons. The van der Waals surface area contributed by atoms with Crippen molar-refractivity contribution in [3.63, 3.8) is 0 Å². The van der Waals surface area contributed by atoms with Crippen LogP contribution in [-0.4, -0.2) is 55.6 Å². The molecule has 2 atom stereocenters. The van der Waals surface area contributed by atoms with E-state index in [4.69, 9.17) is 5.73 Å². The van der Waals surface area contributed by atoms with Gasteiger partial charge in [-0.15, -0.1) is 0 Å². The van der Waals surface area contributed by atoms with Crippen molar-refractivity contribution in [3.05, 3.63) is 0 Å². The molecule has 0 heterocycles. The van der Waals surface area contributed by atoms with Crippen molar-refractivity contribution in [2.45, 2.75) is 51.6 Å². The molecule has 3 nitrogen and oxygen atoms in total. The topological polar surface area (TPSA) is 32.5 Å². The van der Waals surface area contributed by atoms with Gasteiger partial charge >= 0.3 is 0 Å². The Morgan fingerprint density at radius 3 is 2.24 bits per heavy atom. The lowest BCUT2D eigenvalue weighted by atomic mass is 9.95. The molecule has 0 aromatic rings. The molecule has 0 aromatic carbocycles. The summed E-state index contributed by atoms with van der Waals surface area (Å²) in [6.45, 7) is 7.66. The standard InChI is InChI=1S/C14H31N3/c1-5-17(12(2)11-16(3)4)14(10-15)13-8-6-7-9-13/h12-14H,5-11,15H2,1-4H3. The summed E-state index contributed by atoms with van der Waals surface area (Å²) in [5.74, 6) is 0.838. The van der Waals surface area contributed by atoms with Crippen molar-refractivity contribution in [3.8, 4) is 0 Å². The fraction of sp³-hybridized carbons (Fsp3) is 1.00. The summed E-state index contributed by atoms with van der Waals surface area (Å²) < 4.78 is 0. The Balaban J connectivity index is 2.61. The monoisotopic (exact) mass is 241 g/mol. The van der Waals surface area contributed by atoms with Crippen LogP contribution in [0, 0.1) is 5.92 Å². The molecule has 1 saturated carbocycles. The van der Waals surface area contributed by atoms with E-state index in [0.717, 1.165) is 25.6 Å². The molecule has 0 bridgehead atoms. The maximum absolute atomic E-state index is 6.04. The smallest absolute Gasteiger partial charge is 0.0249 e. The highest BCUT2D eigenvalue weighted by atomic mass is 15.2. The van der Waals surface area contributed by atoms with E-state index in [1.54, 1.807) is 0 Å². The number of nitrogens with zero attached hydrogens (tertiary/aromatic N) is 2. The first kappa shape index (κ1) is 14.9. The van der Waals surface area contributed by atoms with Gasteiger partial charge in [-0.3, -0.25) is 4.90 Å². The predicted octanol–water partition coefficient (Wildman–Crippen LogP) is 1.78. The fourth-order valence-corrected chi connectivity index (χ4v) is 3.45. The van der Waals surface area contributed by atoms with Crippen LogP contribution in [0.4, 0.5) is 0 Å². The van der Waals surface area contributed by atoms with Crippen LogP contribution >= 0.6 is 0 Å². The van der Waals surface area contributed by atoms with Crippen LogP contribution < -0.4 is 5.73 Å². The Bertz CT molecular complexity index is 200. The van der Waals surface area contributed by atoms with Crippen molar-refractivity contribution < 1.29 is 0 Å². The molecule has 0 radical (unpaired) electrons. The summed E-state index contributed by atoms with van der Waals surface area (Å²) in [7, 11) is 4.30. The largest absolute Gasteiger partial charge is 0.329 e. The van der Waals surface area contributed by atoms with Gasteiger partial charge in [-0.1, -0.05) is 19.8 Å². The average molecular weight is 241 g/mol. The van der Waals surface area contributed by atoms with Crippen LogP contribution in [0.15, 0.2) is 0 Å². The van der Waals surface area contributed by atoms with E-state index in [-0.39, 0.29) is 0 Å². The zero-order chi connectivity index (χ0) is 12.8. The minimum atomic E-state index is 0.595. The van der Waals surface area contributed by atoms with Crippen molar-refractivity contribution in [2.24, 2.45) is 11.7 Å². The Morgan fingerprint density at radius 2 is 1.82 bits per heavy atom. The van der Waals surface area contributed by atoms with Crippen LogP contribution in [0.3, 0.4) is 0 Å². The van der Waals surface area contributed by atoms with E-state index in [2.05, 4.69) is 37.7 Å². The second-order valence-electron chi connectivity index (χ2n) is 5.79. The van der Waals surface area contributed by atoms with Gasteiger partial charge in [0.05, 0.1) is 0 Å². The van der Waals surface area contributed by atoms with E-state index in [1.165, 1.54) is 25.7 Å². The molecular formula is C14H31N3. The van der Waals surface area contributed by atoms with Gasteiger partial charge in [0.15, 0.2) is 0 Å². The second-order valence-corrected chi connectivity index (χ2v) is 5.79. The molecule has 3 heteroatoms. The lowest BCUT2D eigenvalue weighted by molar-refractivity contribution is 0.0946. The van der Waals surface area contributed by atoms with Crippen molar-refractivity contribution in [2.75, 3.05) is 33.7 Å². The number of likely N-dealkylation sites (N-methyl/N-ethyl adjacent to an activating group) is 2. The fourth-order valence-electron chi connectivity index (χ4n) is 3.45. The molecular weight excluding hydrogens is 210 g/mol. The second kappa shape index (κ2) is 7.34. The van der Waals surface area contributed by atoms with Gasteiger partial charge in [-0.05, 0) is 46.3 Å². The molecule has 0 saturated heterocycles. The molecule has 1 rings (SSSR count). The number of nitrogens with two attached hydrogens (primary N) is 1. The molecule has 0 spiro atoms. The number of rotatable bonds is 7. The van der Waals surface area contributed by atoms with E-state index in [0.29, 0.717) is 12.1 Å². The predicted molar refractivity (Wildman–Crippen MR) is 75.2 cm³/mol. The highest BCUT2D eigenvalue weighted by Gasteiger charge is 2.30. The minimum Gasteiger partial charge on any atom is -0.329 e. The normalized spacial score (nSPS) is 21.4. The third-order valence-electron chi connectivity index (χ3n) is 4.17. The lowest BCUT2D eigenvalue weighted by Crippen LogP contribution is -2.51. The Kier molecular flexibility index (Phi) is 6.45. The summed E-state index contributed by atoms with van der Waals surface area (Å²) in [5, 5.41) is 0. The van der Waals surface area contributed by atoms with Gasteiger partial charge in [-0.25, -0.2) is 0 Å². The van der Waals surface area contributed by atoms with Gasteiger partial charge in [0.1, 0.15) is 0 Å². The quantitative estimate of drug-likeness (QED) is 0.737. The highest BCUT2D eigenvalue weighted by molar-refractivity contribution is 4.86. The van der Waals surface area contributed by atoms with Crippen LogP contribution in [0.2, 0.25) is 0 Å². The van der Waals surface area contributed by atoms with E-state index in [1.807, 2.05) is 0 Å². The van der Waals surface area contributed by atoms with Gasteiger partial charge in [-0.2, -0.15) is 0 Å². The first-order valence-electron chi connectivity index (χ1n) is 7.20. The molecule has 17 heavy (non-hydrogen) atoms. The summed E-state index contributed by atoms with van der Waals surface area (Å²) in [6.07, 6.45) is 5.57. The SMILES string of the molecule is CCN(C(C)CN(C)C)C(CN)C1CCCC1. The maximum atomic E-state index is 6.04. The molecule has 0 amide bonds. The molecule has 2 unspecified atom stereocenters. The van der Waals surface area contributed by atoms with Crippen molar-refractivity contribution in [1.82, 2.24) is 9.80 Å². The summed E-state index contributed by atoms with van der Waals surface area (Å²) in [4.78, 5) is 4.89. The van der Waals surface area contributed by atoms with Crippen LogP contribution in [0.1, 0.15) is 39.5 Å². The van der Waals surface area contributed by atoms with Gasteiger partial charge < -0.3 is 10.6 Å². The first-order chi connectivity index (χ1) is 8.10. The molecule has 1 aliphatic carbocycles. The molecule has 1 aliphatic rings. The third kappa shape index (κ3) is 4.23. The van der Waals surface area contributed by atoms with Gasteiger partial charge in [0.2, 0.25) is 0 Å². The Morgan fingerprint density at radius 1 is 1.24 bits per heavy atom. The molecule has 0 aliphatic heterocycles. The summed E-state index contributed by atoms with van der Waals surface area (Å²) >= 11 is 0. The Labute approximate surface area is 107 Å². The van der Waals surface area contributed by atoms with Crippen LogP contribution in [-0.2, 0) is 0 Å². The van der Waals surface area contributed by atoms with Crippen molar-refractivity contribution >= 4 is 0 Å². The molecule has 1 fully saturated rings.